The van der Waals surface area contributed by atoms with Crippen molar-refractivity contribution in [1.29, 1.82) is 0 Å². The lowest BCUT2D eigenvalue weighted by Crippen LogP contribution is -2.33. The van der Waals surface area contributed by atoms with Crippen LogP contribution in [0.4, 0.5) is 5.69 Å². The summed E-state index contributed by atoms with van der Waals surface area (Å²) >= 11 is 0. The monoisotopic (exact) mass is 258 g/mol. The predicted octanol–water partition coefficient (Wildman–Crippen LogP) is 0.0511. The number of aromatic nitrogens is 2. The summed E-state index contributed by atoms with van der Waals surface area (Å²) in [5.41, 5.74) is 7.11. The molecule has 0 saturated heterocycles. The third kappa shape index (κ3) is 3.29. The Morgan fingerprint density at radius 3 is 2.76 bits per heavy atom. The Bertz CT molecular complexity index is 430. The number of nitrogens with one attached hydrogen (secondary N) is 2. The van der Waals surface area contributed by atoms with E-state index < -0.39 is 10.8 Å². The van der Waals surface area contributed by atoms with Gasteiger partial charge >= 0.3 is 0 Å². The van der Waals surface area contributed by atoms with Gasteiger partial charge in [-0.25, -0.2) is 0 Å². The third-order valence-corrected chi connectivity index (χ3v) is 3.87. The number of nitrogens with zero attached hydrogens (tertiary/aromatic N) is 1. The van der Waals surface area contributed by atoms with E-state index in [0.29, 0.717) is 18.7 Å². The van der Waals surface area contributed by atoms with Gasteiger partial charge in [-0.05, 0) is 13.3 Å². The van der Waals surface area contributed by atoms with Gasteiger partial charge in [0.2, 0.25) is 0 Å². The van der Waals surface area contributed by atoms with Gasteiger partial charge in [0.1, 0.15) is 0 Å². The number of H-pyrrole nitrogens is 1. The van der Waals surface area contributed by atoms with E-state index in [2.05, 4.69) is 15.5 Å². The SMILES string of the molecule is CCc1[nH]nc(C(=O)NCC(C)S(C)=O)c1N. The molecule has 1 aromatic rings. The second-order valence-electron chi connectivity index (χ2n) is 3.84. The van der Waals surface area contributed by atoms with Crippen molar-refractivity contribution in [1.82, 2.24) is 15.5 Å². The summed E-state index contributed by atoms with van der Waals surface area (Å²) in [5.74, 6) is -0.337. The molecule has 2 unspecified atom stereocenters. The highest BCUT2D eigenvalue weighted by atomic mass is 32.2. The first kappa shape index (κ1) is 13.7. The highest BCUT2D eigenvalue weighted by molar-refractivity contribution is 7.84. The number of hydrogen-bond acceptors (Lipinski definition) is 4. The van der Waals surface area contributed by atoms with Gasteiger partial charge in [-0.15, -0.1) is 0 Å². The molecule has 1 amide bonds. The molecule has 1 rings (SSSR count). The Morgan fingerprint density at radius 1 is 1.65 bits per heavy atom. The van der Waals surface area contributed by atoms with Crippen molar-refractivity contribution in [2.75, 3.05) is 18.5 Å². The van der Waals surface area contributed by atoms with Crippen LogP contribution in [0, 0.1) is 0 Å². The molecule has 1 heterocycles. The van der Waals surface area contributed by atoms with Crippen LogP contribution >= 0.6 is 0 Å². The van der Waals surface area contributed by atoms with Gasteiger partial charge in [-0.2, -0.15) is 5.10 Å². The van der Waals surface area contributed by atoms with Crippen LogP contribution in [-0.2, 0) is 17.2 Å². The molecule has 7 heteroatoms. The normalized spacial score (nSPS) is 14.3. The molecule has 0 saturated carbocycles. The van der Waals surface area contributed by atoms with E-state index in [4.69, 9.17) is 5.73 Å². The molecule has 1 aromatic heterocycles. The molecule has 0 aliphatic rings. The largest absolute Gasteiger partial charge is 0.395 e. The number of nitrogens with two attached hydrogens (primary N) is 1. The van der Waals surface area contributed by atoms with E-state index in [1.807, 2.05) is 13.8 Å². The van der Waals surface area contributed by atoms with Crippen LogP contribution in [0.2, 0.25) is 0 Å². The van der Waals surface area contributed by atoms with Gasteiger partial charge in [-0.3, -0.25) is 14.1 Å². The molecule has 4 N–H and O–H groups in total. The number of carbonyl (C=O) groups is 1. The van der Waals surface area contributed by atoms with Crippen molar-refractivity contribution in [2.24, 2.45) is 0 Å². The summed E-state index contributed by atoms with van der Waals surface area (Å²) in [5, 5.41) is 9.16. The van der Waals surface area contributed by atoms with Crippen molar-refractivity contribution >= 4 is 22.4 Å². The second kappa shape index (κ2) is 5.81. The van der Waals surface area contributed by atoms with E-state index in [1.165, 1.54) is 0 Å². The Labute approximate surface area is 103 Å². The maximum atomic E-state index is 11.7. The molecule has 0 fully saturated rings. The number of hydrogen-bond donors (Lipinski definition) is 3. The summed E-state index contributed by atoms with van der Waals surface area (Å²) < 4.78 is 11.1. The lowest BCUT2D eigenvalue weighted by Gasteiger charge is -2.08. The van der Waals surface area contributed by atoms with Crippen molar-refractivity contribution in [3.05, 3.63) is 11.4 Å². The number of aromatic amines is 1. The third-order valence-electron chi connectivity index (χ3n) is 2.57. The lowest BCUT2D eigenvalue weighted by atomic mass is 10.2. The predicted molar refractivity (Wildman–Crippen MR) is 68.2 cm³/mol. The minimum atomic E-state index is -0.959. The quantitative estimate of drug-likeness (QED) is 0.694. The number of carbonyl (C=O) groups excluding carboxylic acids is 1. The topological polar surface area (TPSA) is 101 Å². The Morgan fingerprint density at radius 2 is 2.29 bits per heavy atom. The van der Waals surface area contributed by atoms with Crippen molar-refractivity contribution in [2.45, 2.75) is 25.5 Å². The van der Waals surface area contributed by atoms with Crippen LogP contribution in [0.1, 0.15) is 30.0 Å². The summed E-state index contributed by atoms with van der Waals surface area (Å²) in [6.45, 7) is 4.07. The molecule has 2 atom stereocenters. The molecule has 0 radical (unpaired) electrons. The van der Waals surface area contributed by atoms with Crippen molar-refractivity contribution in [3.63, 3.8) is 0 Å². The van der Waals surface area contributed by atoms with E-state index in [-0.39, 0.29) is 16.9 Å². The zero-order valence-corrected chi connectivity index (χ0v) is 11.1. The Hall–Kier alpha value is -1.37. The molecule has 0 bridgehead atoms. The molecular weight excluding hydrogens is 240 g/mol. The van der Waals surface area contributed by atoms with E-state index in [9.17, 15) is 9.00 Å². The minimum absolute atomic E-state index is 0.0928. The fourth-order valence-electron chi connectivity index (χ4n) is 1.27. The average Bonchev–Trinajstić information content (AvgIpc) is 2.66. The van der Waals surface area contributed by atoms with Crippen molar-refractivity contribution < 1.29 is 9.00 Å². The van der Waals surface area contributed by atoms with Gasteiger partial charge in [0.05, 0.1) is 11.4 Å². The molecule has 96 valence electrons. The summed E-state index contributed by atoms with van der Waals surface area (Å²) in [7, 11) is -0.959. The first-order valence-corrected chi connectivity index (χ1v) is 7.02. The fourth-order valence-corrected chi connectivity index (χ4v) is 1.58. The standard InChI is InChI=1S/C10H18N4O2S/c1-4-7-8(11)9(14-13-7)10(15)12-5-6(2)17(3)16/h6H,4-5,11H2,1-3H3,(H,12,15)(H,13,14). The molecule has 0 aliphatic carbocycles. The van der Waals surface area contributed by atoms with Crippen LogP contribution in [0.15, 0.2) is 0 Å². The van der Waals surface area contributed by atoms with Gasteiger partial charge in [0.15, 0.2) is 5.69 Å². The van der Waals surface area contributed by atoms with Crippen LogP contribution in [0.3, 0.4) is 0 Å². The van der Waals surface area contributed by atoms with Gasteiger partial charge in [0, 0.05) is 28.9 Å². The molecular formula is C10H18N4O2S. The van der Waals surface area contributed by atoms with E-state index >= 15 is 0 Å². The molecule has 6 nitrogen and oxygen atoms in total. The second-order valence-corrected chi connectivity index (χ2v) is 5.64. The van der Waals surface area contributed by atoms with Crippen LogP contribution in [-0.4, -0.2) is 38.4 Å². The van der Waals surface area contributed by atoms with Crippen molar-refractivity contribution in [3.8, 4) is 0 Å². The van der Waals surface area contributed by atoms with Crippen LogP contribution < -0.4 is 11.1 Å². The van der Waals surface area contributed by atoms with Crippen LogP contribution in [0.5, 0.6) is 0 Å². The minimum Gasteiger partial charge on any atom is -0.395 e. The molecule has 0 aromatic carbocycles. The number of rotatable bonds is 5. The van der Waals surface area contributed by atoms with E-state index in [0.717, 1.165) is 5.69 Å². The zero-order valence-electron chi connectivity index (χ0n) is 10.2. The lowest BCUT2D eigenvalue weighted by molar-refractivity contribution is 0.0950. The Balaban J connectivity index is 2.64. The summed E-state index contributed by atoms with van der Waals surface area (Å²) in [6, 6.07) is 0. The van der Waals surface area contributed by atoms with E-state index in [1.54, 1.807) is 6.26 Å². The summed E-state index contributed by atoms with van der Waals surface area (Å²) in [4.78, 5) is 11.7. The smallest absolute Gasteiger partial charge is 0.273 e. The maximum Gasteiger partial charge on any atom is 0.273 e. The average molecular weight is 258 g/mol. The summed E-state index contributed by atoms with van der Waals surface area (Å²) in [6.07, 6.45) is 2.30. The first-order valence-electron chi connectivity index (χ1n) is 5.40. The first-order chi connectivity index (χ1) is 7.97. The number of amides is 1. The molecule has 0 aliphatic heterocycles. The number of aryl methyl sites for hydroxylation is 1. The fraction of sp³-hybridized carbons (Fsp3) is 0.600. The van der Waals surface area contributed by atoms with Gasteiger partial charge in [-0.1, -0.05) is 6.92 Å². The number of anilines is 1. The zero-order chi connectivity index (χ0) is 13.0. The highest BCUT2D eigenvalue weighted by Crippen LogP contribution is 2.13. The molecule has 17 heavy (non-hydrogen) atoms. The van der Waals surface area contributed by atoms with Gasteiger partial charge < -0.3 is 11.1 Å². The number of nitrogen functional groups attached to an aromatic ring is 1. The Kier molecular flexibility index (Phi) is 4.68. The maximum absolute atomic E-state index is 11.7. The highest BCUT2D eigenvalue weighted by Gasteiger charge is 2.17. The van der Waals surface area contributed by atoms with Gasteiger partial charge in [0.25, 0.3) is 5.91 Å². The molecule has 0 spiro atoms. The van der Waals surface area contributed by atoms with Crippen LogP contribution in [0.25, 0.3) is 0 Å².